The van der Waals surface area contributed by atoms with E-state index in [4.69, 9.17) is 5.73 Å². The Bertz CT molecular complexity index is 527. The molecule has 1 aromatic rings. The second-order valence-corrected chi connectivity index (χ2v) is 7.17. The van der Waals surface area contributed by atoms with Crippen molar-refractivity contribution in [1.29, 1.82) is 0 Å². The molecule has 0 saturated carbocycles. The highest BCUT2D eigenvalue weighted by Crippen LogP contribution is 2.27. The van der Waals surface area contributed by atoms with Gasteiger partial charge in [0, 0.05) is 11.8 Å². The third kappa shape index (κ3) is 3.71. The normalized spacial score (nSPS) is 12.8. The number of benzene rings is 1. The van der Waals surface area contributed by atoms with Gasteiger partial charge in [-0.15, -0.1) is 0 Å². The number of hydrogen-bond acceptors (Lipinski definition) is 4. The highest BCUT2D eigenvalue weighted by Gasteiger charge is 2.20. The Morgan fingerprint density at radius 1 is 1.35 bits per heavy atom. The van der Waals surface area contributed by atoms with Crippen LogP contribution in [-0.4, -0.2) is 25.3 Å². The average Bonchev–Trinajstić information content (AvgIpc) is 2.06. The lowest BCUT2D eigenvalue weighted by atomic mass is 9.95. The molecular weight excluding hydrogens is 238 g/mol. The van der Waals surface area contributed by atoms with Crippen LogP contribution in [0.4, 0.5) is 0 Å². The zero-order valence-electron chi connectivity index (χ0n) is 10.6. The molecule has 17 heavy (non-hydrogen) atoms. The van der Waals surface area contributed by atoms with Crippen molar-refractivity contribution in [2.45, 2.75) is 37.6 Å². The number of rotatable bonds is 3. The monoisotopic (exact) mass is 257 g/mol. The van der Waals surface area contributed by atoms with Gasteiger partial charge in [-0.2, -0.15) is 0 Å². The summed E-state index contributed by atoms with van der Waals surface area (Å²) < 4.78 is 23.4. The summed E-state index contributed by atoms with van der Waals surface area (Å²) in [4.78, 5) is 0.242. The quantitative estimate of drug-likeness (QED) is 0.857. The fraction of sp³-hybridized carbons (Fsp3) is 0.500. The van der Waals surface area contributed by atoms with Gasteiger partial charge >= 0.3 is 0 Å². The molecule has 0 spiro atoms. The summed E-state index contributed by atoms with van der Waals surface area (Å²) in [6, 6.07) is 2.98. The summed E-state index contributed by atoms with van der Waals surface area (Å²) in [5, 5.41) is 9.65. The Hall–Kier alpha value is -1.07. The maximum absolute atomic E-state index is 11.7. The van der Waals surface area contributed by atoms with Crippen LogP contribution in [0, 0.1) is 6.92 Å². The Labute approximate surface area is 102 Å². The Balaban J connectivity index is 3.42. The maximum Gasteiger partial charge on any atom is 0.175 e. The molecule has 0 aliphatic carbocycles. The van der Waals surface area contributed by atoms with Crippen LogP contribution in [0.25, 0.3) is 0 Å². The van der Waals surface area contributed by atoms with Gasteiger partial charge in [0.15, 0.2) is 9.84 Å². The molecule has 0 fully saturated rings. The summed E-state index contributed by atoms with van der Waals surface area (Å²) in [5.74, 6) is 0.0941. The maximum atomic E-state index is 11.7. The van der Waals surface area contributed by atoms with Crippen LogP contribution in [0.3, 0.4) is 0 Å². The third-order valence-electron chi connectivity index (χ3n) is 2.42. The fourth-order valence-corrected chi connectivity index (χ4v) is 2.69. The Kier molecular flexibility index (Phi) is 3.55. The van der Waals surface area contributed by atoms with E-state index < -0.39 is 15.4 Å². The predicted octanol–water partition coefficient (Wildman–Crippen LogP) is 1.38. The molecule has 0 aliphatic rings. The summed E-state index contributed by atoms with van der Waals surface area (Å²) in [6.07, 6.45) is 1.55. The van der Waals surface area contributed by atoms with Gasteiger partial charge in [0.1, 0.15) is 5.75 Å². The van der Waals surface area contributed by atoms with Crippen LogP contribution in [0.15, 0.2) is 17.0 Å². The molecule has 0 radical (unpaired) electrons. The van der Waals surface area contributed by atoms with E-state index >= 15 is 0 Å². The number of nitrogens with two attached hydrogens (primary N) is 1. The highest BCUT2D eigenvalue weighted by atomic mass is 32.2. The first-order chi connectivity index (χ1) is 7.50. The van der Waals surface area contributed by atoms with E-state index in [0.29, 0.717) is 17.5 Å². The van der Waals surface area contributed by atoms with Gasteiger partial charge in [-0.1, -0.05) is 0 Å². The molecule has 0 bridgehead atoms. The first-order valence-electron chi connectivity index (χ1n) is 5.32. The molecule has 0 amide bonds. The van der Waals surface area contributed by atoms with Crippen LogP contribution >= 0.6 is 0 Å². The SMILES string of the molecule is Cc1cc(S(C)(=O)=O)c(CC(C)(C)N)cc1O. The first-order valence-corrected chi connectivity index (χ1v) is 7.21. The van der Waals surface area contributed by atoms with Gasteiger partial charge in [-0.25, -0.2) is 8.42 Å². The molecule has 96 valence electrons. The minimum atomic E-state index is -3.31. The lowest BCUT2D eigenvalue weighted by Crippen LogP contribution is -2.34. The van der Waals surface area contributed by atoms with E-state index in [0.717, 1.165) is 6.26 Å². The topological polar surface area (TPSA) is 80.4 Å². The Morgan fingerprint density at radius 2 is 1.88 bits per heavy atom. The van der Waals surface area contributed by atoms with Gasteiger partial charge in [0.2, 0.25) is 0 Å². The van der Waals surface area contributed by atoms with Crippen LogP contribution < -0.4 is 5.73 Å². The van der Waals surface area contributed by atoms with E-state index in [1.54, 1.807) is 6.92 Å². The predicted molar refractivity (Wildman–Crippen MR) is 67.9 cm³/mol. The zero-order chi connectivity index (χ0) is 13.4. The smallest absolute Gasteiger partial charge is 0.175 e. The molecule has 3 N–H and O–H groups in total. The standard InChI is InChI=1S/C12H19NO3S/c1-8-5-11(17(4,15)16)9(6-10(8)14)7-12(2,3)13/h5-6,14H,7,13H2,1-4H3. The lowest BCUT2D eigenvalue weighted by molar-refractivity contribution is 0.465. The molecular formula is C12H19NO3S. The number of hydrogen-bond donors (Lipinski definition) is 2. The minimum Gasteiger partial charge on any atom is -0.508 e. The van der Waals surface area contributed by atoms with Gasteiger partial charge in [0.05, 0.1) is 4.90 Å². The molecule has 0 aliphatic heterocycles. The van der Waals surface area contributed by atoms with Crippen LogP contribution in [0.2, 0.25) is 0 Å². The number of sulfone groups is 1. The van der Waals surface area contributed by atoms with Crippen LogP contribution in [-0.2, 0) is 16.3 Å². The molecule has 4 nitrogen and oxygen atoms in total. The second-order valence-electron chi connectivity index (χ2n) is 5.18. The summed E-state index contributed by atoms with van der Waals surface area (Å²) in [6.45, 7) is 5.30. The molecule has 0 saturated heterocycles. The number of phenols is 1. The van der Waals surface area contributed by atoms with Crippen molar-refractivity contribution in [1.82, 2.24) is 0 Å². The van der Waals surface area contributed by atoms with Gasteiger partial charge in [-0.05, 0) is 50.5 Å². The van der Waals surface area contributed by atoms with Crippen molar-refractivity contribution in [2.75, 3.05) is 6.26 Å². The largest absolute Gasteiger partial charge is 0.508 e. The van der Waals surface area contributed by atoms with Gasteiger partial charge in [-0.3, -0.25) is 0 Å². The summed E-state index contributed by atoms with van der Waals surface area (Å²) in [7, 11) is -3.31. The van der Waals surface area contributed by atoms with E-state index in [-0.39, 0.29) is 10.6 Å². The van der Waals surface area contributed by atoms with Crippen LogP contribution in [0.1, 0.15) is 25.0 Å². The van der Waals surface area contributed by atoms with Crippen molar-refractivity contribution >= 4 is 9.84 Å². The summed E-state index contributed by atoms with van der Waals surface area (Å²) in [5.41, 5.74) is 6.47. The number of phenolic OH excluding ortho intramolecular Hbond substituents is 1. The van der Waals surface area contributed by atoms with Crippen molar-refractivity contribution in [3.63, 3.8) is 0 Å². The molecule has 0 atom stereocenters. The highest BCUT2D eigenvalue weighted by molar-refractivity contribution is 7.90. The number of aryl methyl sites for hydroxylation is 1. The molecule has 1 rings (SSSR count). The Morgan fingerprint density at radius 3 is 2.29 bits per heavy atom. The molecule has 0 aromatic heterocycles. The average molecular weight is 257 g/mol. The van der Waals surface area contributed by atoms with E-state index in [9.17, 15) is 13.5 Å². The second kappa shape index (κ2) is 4.31. The fourth-order valence-electron chi connectivity index (χ4n) is 1.69. The number of aromatic hydroxyl groups is 1. The van der Waals surface area contributed by atoms with Gasteiger partial charge < -0.3 is 10.8 Å². The molecule has 1 aromatic carbocycles. The first kappa shape index (κ1) is 14.0. The van der Waals surface area contributed by atoms with Crippen LogP contribution in [0.5, 0.6) is 5.75 Å². The zero-order valence-corrected chi connectivity index (χ0v) is 11.4. The van der Waals surface area contributed by atoms with E-state index in [1.807, 2.05) is 13.8 Å². The van der Waals surface area contributed by atoms with Crippen molar-refractivity contribution < 1.29 is 13.5 Å². The van der Waals surface area contributed by atoms with Crippen molar-refractivity contribution in [3.05, 3.63) is 23.3 Å². The molecule has 0 unspecified atom stereocenters. The van der Waals surface area contributed by atoms with E-state index in [2.05, 4.69) is 0 Å². The van der Waals surface area contributed by atoms with Gasteiger partial charge in [0.25, 0.3) is 0 Å². The molecule has 0 heterocycles. The minimum absolute atomic E-state index is 0.0941. The third-order valence-corrected chi connectivity index (χ3v) is 3.60. The molecule has 5 heteroatoms. The van der Waals surface area contributed by atoms with E-state index in [1.165, 1.54) is 12.1 Å². The lowest BCUT2D eigenvalue weighted by Gasteiger charge is -2.20. The van der Waals surface area contributed by atoms with Crippen molar-refractivity contribution in [3.8, 4) is 5.75 Å². The summed E-state index contributed by atoms with van der Waals surface area (Å²) >= 11 is 0. The van der Waals surface area contributed by atoms with Crippen molar-refractivity contribution in [2.24, 2.45) is 5.73 Å².